The third-order valence-electron chi connectivity index (χ3n) is 9.48. The van der Waals surface area contributed by atoms with Gasteiger partial charge in [-0.25, -0.2) is 5.01 Å². The zero-order chi connectivity index (χ0) is 27.6. The van der Waals surface area contributed by atoms with Crippen molar-refractivity contribution in [1.29, 1.82) is 0 Å². The van der Waals surface area contributed by atoms with Gasteiger partial charge in [0.1, 0.15) is 0 Å². The zero-order valence-corrected chi connectivity index (χ0v) is 25.0. The van der Waals surface area contributed by atoms with E-state index in [1.165, 1.54) is 32.7 Å². The highest BCUT2D eigenvalue weighted by molar-refractivity contribution is 5.77. The molecule has 11 heteroatoms. The second-order valence-corrected chi connectivity index (χ2v) is 12.1. The number of hydrogen-bond acceptors (Lipinski definition) is 9. The minimum Gasteiger partial charge on any atom is -0.359 e. The molecule has 4 saturated heterocycles. The summed E-state index contributed by atoms with van der Waals surface area (Å²) in [6, 6.07) is 0. The molecule has 0 aromatic heterocycles. The zero-order valence-electron chi connectivity index (χ0n) is 25.0. The van der Waals surface area contributed by atoms with E-state index < -0.39 is 0 Å². The van der Waals surface area contributed by atoms with E-state index in [1.807, 2.05) is 12.1 Å². The first-order valence-electron chi connectivity index (χ1n) is 15.4. The van der Waals surface area contributed by atoms with Gasteiger partial charge in [-0.2, -0.15) is 0 Å². The molecule has 0 radical (unpaired) electrons. The second kappa shape index (κ2) is 15.6. The van der Waals surface area contributed by atoms with Gasteiger partial charge in [0.05, 0.1) is 6.54 Å². The van der Waals surface area contributed by atoms with Crippen molar-refractivity contribution >= 4 is 11.8 Å². The third-order valence-corrected chi connectivity index (χ3v) is 9.48. The maximum atomic E-state index is 13.1. The van der Waals surface area contributed by atoms with E-state index in [1.54, 1.807) is 7.05 Å². The van der Waals surface area contributed by atoms with Gasteiger partial charge in [0.25, 0.3) is 5.91 Å². The maximum Gasteiger partial charge on any atom is 0.250 e. The molecule has 11 nitrogen and oxygen atoms in total. The Labute approximate surface area is 236 Å². The summed E-state index contributed by atoms with van der Waals surface area (Å²) in [6.07, 6.45) is 2.92. The average Bonchev–Trinajstić information content (AvgIpc) is 2.97. The van der Waals surface area contributed by atoms with Gasteiger partial charge in [0.15, 0.2) is 0 Å². The lowest BCUT2D eigenvalue weighted by Gasteiger charge is -2.41. The quantitative estimate of drug-likeness (QED) is 0.338. The minimum atomic E-state index is 0.171. The number of nitrogens with zero attached hydrogens (tertiary/aromatic N) is 8. The molecule has 0 saturated carbocycles. The van der Waals surface area contributed by atoms with Gasteiger partial charge < -0.3 is 15.1 Å². The highest BCUT2D eigenvalue weighted by atomic mass is 16.2. The first-order valence-corrected chi connectivity index (χ1v) is 15.4. The van der Waals surface area contributed by atoms with Crippen molar-refractivity contribution in [2.75, 3.05) is 145 Å². The molecule has 39 heavy (non-hydrogen) atoms. The number of hydrogen-bond donors (Lipinski definition) is 1. The number of likely N-dealkylation sites (N-methyl/N-ethyl adjacent to an activating group) is 2. The van der Waals surface area contributed by atoms with Crippen LogP contribution in [-0.2, 0) is 9.59 Å². The molecule has 4 heterocycles. The van der Waals surface area contributed by atoms with Gasteiger partial charge in [-0.1, -0.05) is 0 Å². The topological polar surface area (TPSA) is 72.1 Å². The number of piperidine rings is 1. The van der Waals surface area contributed by atoms with Crippen LogP contribution in [0.15, 0.2) is 0 Å². The second-order valence-electron chi connectivity index (χ2n) is 12.1. The summed E-state index contributed by atoms with van der Waals surface area (Å²) in [4.78, 5) is 39.7. The summed E-state index contributed by atoms with van der Waals surface area (Å²) in [7, 11) is 5.89. The van der Waals surface area contributed by atoms with Crippen LogP contribution in [0.2, 0.25) is 0 Å². The smallest absolute Gasteiger partial charge is 0.250 e. The van der Waals surface area contributed by atoms with Crippen molar-refractivity contribution in [3.05, 3.63) is 0 Å². The summed E-state index contributed by atoms with van der Waals surface area (Å²) in [5.41, 5.74) is 0. The van der Waals surface area contributed by atoms with Crippen LogP contribution in [-0.4, -0.2) is 197 Å². The van der Waals surface area contributed by atoms with Crippen LogP contribution in [0.3, 0.4) is 0 Å². The molecule has 4 rings (SSSR count). The van der Waals surface area contributed by atoms with E-state index in [4.69, 9.17) is 0 Å². The summed E-state index contributed by atoms with van der Waals surface area (Å²) < 4.78 is 0. The first-order chi connectivity index (χ1) is 18.9. The van der Waals surface area contributed by atoms with Crippen molar-refractivity contribution < 1.29 is 9.59 Å². The van der Waals surface area contributed by atoms with Crippen LogP contribution in [0.5, 0.6) is 0 Å². The SMILES string of the molecule is CNC(=O)CC1CCN(CCN2CCN(N(C)C(=O)CN3CCN(CCN4CCN(C)CC4)CC3)CC2)CC1. The van der Waals surface area contributed by atoms with Crippen LogP contribution >= 0.6 is 0 Å². The molecule has 2 amide bonds. The number of carbonyl (C=O) groups is 2. The molecular weight excluding hydrogens is 494 g/mol. The number of amides is 2. The molecule has 4 aliphatic heterocycles. The normalized spacial score (nSPS) is 24.7. The highest BCUT2D eigenvalue weighted by Gasteiger charge is 2.27. The minimum absolute atomic E-state index is 0.171. The van der Waals surface area contributed by atoms with Crippen molar-refractivity contribution in [2.24, 2.45) is 5.92 Å². The van der Waals surface area contributed by atoms with Crippen molar-refractivity contribution in [3.8, 4) is 0 Å². The van der Waals surface area contributed by atoms with E-state index in [9.17, 15) is 9.59 Å². The van der Waals surface area contributed by atoms with Crippen molar-refractivity contribution in [3.63, 3.8) is 0 Å². The number of likely N-dealkylation sites (tertiary alicyclic amines) is 1. The summed E-state index contributed by atoms with van der Waals surface area (Å²) in [5.74, 6) is 0.923. The summed E-state index contributed by atoms with van der Waals surface area (Å²) in [6.45, 7) is 19.9. The predicted octanol–water partition coefficient (Wildman–Crippen LogP) is -1.31. The Bertz CT molecular complexity index is 739. The van der Waals surface area contributed by atoms with E-state index in [0.717, 1.165) is 97.9 Å². The van der Waals surface area contributed by atoms with E-state index in [-0.39, 0.29) is 11.8 Å². The Morgan fingerprint density at radius 3 is 1.62 bits per heavy atom. The number of rotatable bonds is 11. The van der Waals surface area contributed by atoms with Crippen LogP contribution in [0, 0.1) is 5.92 Å². The molecule has 1 N–H and O–H groups in total. The molecule has 0 unspecified atom stereocenters. The van der Waals surface area contributed by atoms with Crippen molar-refractivity contribution in [1.82, 2.24) is 44.7 Å². The fourth-order valence-electron chi connectivity index (χ4n) is 6.30. The van der Waals surface area contributed by atoms with E-state index in [0.29, 0.717) is 18.9 Å². The molecule has 0 atom stereocenters. The third kappa shape index (κ3) is 9.91. The monoisotopic (exact) mass is 549 g/mol. The van der Waals surface area contributed by atoms with Gasteiger partial charge >= 0.3 is 0 Å². The standard InChI is InChI=1S/C28H55N9O2/c1-29-27(38)24-26-4-6-32(7-5-26)12-13-35-20-22-37(23-21-35)31(3)28(39)25-36-18-16-34(17-19-36)15-14-33-10-8-30(2)9-11-33/h26H,4-25H2,1-3H3,(H,29,38). The highest BCUT2D eigenvalue weighted by Crippen LogP contribution is 2.20. The van der Waals surface area contributed by atoms with E-state index in [2.05, 4.69) is 46.8 Å². The first kappa shape index (κ1) is 30.6. The molecular formula is C28H55N9O2. The number of nitrogens with one attached hydrogen (secondary N) is 1. The largest absolute Gasteiger partial charge is 0.359 e. The predicted molar refractivity (Wildman–Crippen MR) is 155 cm³/mol. The van der Waals surface area contributed by atoms with Gasteiger partial charge in [0, 0.05) is 125 Å². The fourth-order valence-corrected chi connectivity index (χ4v) is 6.30. The average molecular weight is 550 g/mol. The van der Waals surface area contributed by atoms with Crippen LogP contribution < -0.4 is 5.32 Å². The number of carbonyl (C=O) groups excluding carboxylic acids is 2. The lowest BCUT2D eigenvalue weighted by atomic mass is 9.93. The lowest BCUT2D eigenvalue weighted by molar-refractivity contribution is -0.150. The number of piperazine rings is 3. The van der Waals surface area contributed by atoms with Crippen LogP contribution in [0.1, 0.15) is 19.3 Å². The molecule has 224 valence electrons. The Hall–Kier alpha value is -1.34. The summed E-state index contributed by atoms with van der Waals surface area (Å²) in [5, 5.41) is 6.87. The molecule has 4 aliphatic rings. The van der Waals surface area contributed by atoms with Crippen LogP contribution in [0.25, 0.3) is 0 Å². The molecule has 0 bridgehead atoms. The maximum absolute atomic E-state index is 13.1. The van der Waals surface area contributed by atoms with E-state index >= 15 is 0 Å². The Morgan fingerprint density at radius 2 is 1.10 bits per heavy atom. The molecule has 0 aromatic rings. The molecule has 0 spiro atoms. The Morgan fingerprint density at radius 1 is 0.667 bits per heavy atom. The molecule has 0 aliphatic carbocycles. The molecule has 0 aromatic carbocycles. The molecule has 4 fully saturated rings. The number of hydrazine groups is 1. The van der Waals surface area contributed by atoms with Gasteiger partial charge in [0.2, 0.25) is 5.91 Å². The fraction of sp³-hybridized carbons (Fsp3) is 0.929. The summed E-state index contributed by atoms with van der Waals surface area (Å²) >= 11 is 0. The van der Waals surface area contributed by atoms with Gasteiger partial charge in [-0.3, -0.25) is 34.2 Å². The van der Waals surface area contributed by atoms with Crippen molar-refractivity contribution in [2.45, 2.75) is 19.3 Å². The Balaban J connectivity index is 1.05. The van der Waals surface area contributed by atoms with Gasteiger partial charge in [-0.15, -0.1) is 0 Å². The lowest BCUT2D eigenvalue weighted by Crippen LogP contribution is -2.57. The van der Waals surface area contributed by atoms with Crippen LogP contribution in [0.4, 0.5) is 0 Å². The van der Waals surface area contributed by atoms with Gasteiger partial charge in [-0.05, 0) is 38.9 Å². The Kier molecular flexibility index (Phi) is 12.2.